The van der Waals surface area contributed by atoms with Crippen LogP contribution in [0.4, 0.5) is 0 Å². The zero-order chi connectivity index (χ0) is 12.4. The Hall–Kier alpha value is -2.69. The summed E-state index contributed by atoms with van der Waals surface area (Å²) in [5, 5.41) is 7.67. The lowest BCUT2D eigenvalue weighted by atomic mass is 10.1. The van der Waals surface area contributed by atoms with E-state index in [0.717, 1.165) is 16.8 Å². The molecule has 3 rings (SSSR count). The Morgan fingerprint density at radius 3 is 2.56 bits per heavy atom. The van der Waals surface area contributed by atoms with Gasteiger partial charge in [-0.25, -0.2) is 4.68 Å². The molecule has 2 heterocycles. The summed E-state index contributed by atoms with van der Waals surface area (Å²) in [4.78, 5) is 13.8. The standard InChI is InChI=1S/C13H10N4O/c18-13-9-11(5-6-14-13)10-1-3-12(4-2-10)17-8-7-15-16-17/h1-9H,(H,14,18). The highest BCUT2D eigenvalue weighted by Gasteiger charge is 2.00. The van der Waals surface area contributed by atoms with Gasteiger partial charge < -0.3 is 4.98 Å². The molecule has 3 aromatic rings. The van der Waals surface area contributed by atoms with E-state index in [1.165, 1.54) is 0 Å². The molecule has 2 aromatic heterocycles. The summed E-state index contributed by atoms with van der Waals surface area (Å²) in [7, 11) is 0. The van der Waals surface area contributed by atoms with Crippen molar-refractivity contribution in [2.75, 3.05) is 0 Å². The lowest BCUT2D eigenvalue weighted by Gasteiger charge is -2.03. The van der Waals surface area contributed by atoms with Crippen LogP contribution in [0.2, 0.25) is 0 Å². The number of H-pyrrole nitrogens is 1. The zero-order valence-corrected chi connectivity index (χ0v) is 9.45. The highest BCUT2D eigenvalue weighted by molar-refractivity contribution is 5.63. The van der Waals surface area contributed by atoms with Crippen molar-refractivity contribution in [1.29, 1.82) is 0 Å². The Labute approximate surface area is 103 Å². The van der Waals surface area contributed by atoms with Crippen LogP contribution in [0.1, 0.15) is 0 Å². The minimum atomic E-state index is -0.104. The second kappa shape index (κ2) is 4.29. The number of nitrogens with zero attached hydrogens (tertiary/aromatic N) is 3. The molecule has 0 fully saturated rings. The van der Waals surface area contributed by atoms with Crippen molar-refractivity contribution in [3.05, 3.63) is 65.3 Å². The van der Waals surface area contributed by atoms with Gasteiger partial charge >= 0.3 is 0 Å². The molecule has 1 aromatic carbocycles. The lowest BCUT2D eigenvalue weighted by molar-refractivity contribution is 0.803. The van der Waals surface area contributed by atoms with Crippen LogP contribution in [0.3, 0.4) is 0 Å². The Bertz CT molecular complexity index is 698. The van der Waals surface area contributed by atoms with E-state index in [9.17, 15) is 4.79 Å². The SMILES string of the molecule is O=c1cc(-c2ccc(-n3ccnn3)cc2)cc[nH]1. The van der Waals surface area contributed by atoms with Crippen molar-refractivity contribution in [2.45, 2.75) is 0 Å². The molecule has 1 N–H and O–H groups in total. The van der Waals surface area contributed by atoms with Gasteiger partial charge in [-0.2, -0.15) is 0 Å². The highest BCUT2D eigenvalue weighted by atomic mass is 16.1. The van der Waals surface area contributed by atoms with Crippen LogP contribution in [0.25, 0.3) is 16.8 Å². The van der Waals surface area contributed by atoms with Crippen molar-refractivity contribution in [3.8, 4) is 16.8 Å². The molecule has 18 heavy (non-hydrogen) atoms. The Balaban J connectivity index is 1.99. The number of hydrogen-bond acceptors (Lipinski definition) is 3. The van der Waals surface area contributed by atoms with Crippen molar-refractivity contribution in [2.24, 2.45) is 0 Å². The molecule has 0 amide bonds. The molecule has 0 spiro atoms. The molecule has 0 aliphatic heterocycles. The van der Waals surface area contributed by atoms with E-state index < -0.39 is 0 Å². The smallest absolute Gasteiger partial charge is 0.248 e. The molecule has 0 bridgehead atoms. The molecular weight excluding hydrogens is 228 g/mol. The highest BCUT2D eigenvalue weighted by Crippen LogP contribution is 2.18. The van der Waals surface area contributed by atoms with Crippen molar-refractivity contribution in [1.82, 2.24) is 20.0 Å². The monoisotopic (exact) mass is 238 g/mol. The summed E-state index contributed by atoms with van der Waals surface area (Å²) < 4.78 is 1.68. The van der Waals surface area contributed by atoms with Crippen LogP contribution in [-0.2, 0) is 0 Å². The van der Waals surface area contributed by atoms with Gasteiger partial charge in [0.1, 0.15) is 0 Å². The largest absolute Gasteiger partial charge is 0.329 e. The summed E-state index contributed by atoms with van der Waals surface area (Å²) in [5.41, 5.74) is 2.71. The fourth-order valence-corrected chi connectivity index (χ4v) is 1.78. The van der Waals surface area contributed by atoms with Crippen LogP contribution in [0, 0.1) is 0 Å². The van der Waals surface area contributed by atoms with Crippen molar-refractivity contribution >= 4 is 0 Å². The fourth-order valence-electron chi connectivity index (χ4n) is 1.78. The van der Waals surface area contributed by atoms with E-state index in [0.29, 0.717) is 0 Å². The first kappa shape index (κ1) is 10.5. The third-order valence-corrected chi connectivity index (χ3v) is 2.66. The van der Waals surface area contributed by atoms with Crippen LogP contribution >= 0.6 is 0 Å². The molecule has 0 saturated heterocycles. The molecule has 0 aliphatic rings. The molecule has 0 atom stereocenters. The number of aromatic amines is 1. The van der Waals surface area contributed by atoms with Crippen LogP contribution in [-0.4, -0.2) is 20.0 Å². The number of nitrogens with one attached hydrogen (secondary N) is 1. The number of hydrogen-bond donors (Lipinski definition) is 1. The second-order valence-electron chi connectivity index (χ2n) is 3.84. The average molecular weight is 238 g/mol. The van der Waals surface area contributed by atoms with Gasteiger partial charge in [0.15, 0.2) is 0 Å². The van der Waals surface area contributed by atoms with Gasteiger partial charge in [0.25, 0.3) is 0 Å². The van der Waals surface area contributed by atoms with Crippen LogP contribution in [0.5, 0.6) is 0 Å². The molecular formula is C13H10N4O. The van der Waals surface area contributed by atoms with E-state index in [4.69, 9.17) is 0 Å². The zero-order valence-electron chi connectivity index (χ0n) is 9.45. The quantitative estimate of drug-likeness (QED) is 0.738. The average Bonchev–Trinajstić information content (AvgIpc) is 2.93. The van der Waals surface area contributed by atoms with Gasteiger partial charge in [0.2, 0.25) is 5.56 Å². The topological polar surface area (TPSA) is 63.6 Å². The van der Waals surface area contributed by atoms with Crippen LogP contribution in [0.15, 0.2) is 59.8 Å². The third kappa shape index (κ3) is 1.93. The number of aromatic nitrogens is 4. The van der Waals surface area contributed by atoms with E-state index in [-0.39, 0.29) is 5.56 Å². The summed E-state index contributed by atoms with van der Waals surface area (Å²) in [6.45, 7) is 0. The Morgan fingerprint density at radius 1 is 1.06 bits per heavy atom. The molecule has 88 valence electrons. The maximum atomic E-state index is 11.2. The third-order valence-electron chi connectivity index (χ3n) is 2.66. The van der Waals surface area contributed by atoms with E-state index in [1.54, 1.807) is 29.3 Å². The van der Waals surface area contributed by atoms with E-state index in [1.807, 2.05) is 30.3 Å². The fraction of sp³-hybridized carbons (Fsp3) is 0. The maximum absolute atomic E-state index is 11.2. The summed E-state index contributed by atoms with van der Waals surface area (Å²) in [6.07, 6.45) is 5.05. The minimum Gasteiger partial charge on any atom is -0.329 e. The molecule has 0 saturated carbocycles. The first-order chi connectivity index (χ1) is 8.83. The van der Waals surface area contributed by atoms with Crippen molar-refractivity contribution < 1.29 is 0 Å². The van der Waals surface area contributed by atoms with Crippen molar-refractivity contribution in [3.63, 3.8) is 0 Å². The summed E-state index contributed by atoms with van der Waals surface area (Å²) in [5.74, 6) is 0. The predicted octanol–water partition coefficient (Wildman–Crippen LogP) is 1.62. The summed E-state index contributed by atoms with van der Waals surface area (Å²) in [6, 6.07) is 11.2. The number of rotatable bonds is 2. The van der Waals surface area contributed by atoms with Gasteiger partial charge in [-0.05, 0) is 29.3 Å². The van der Waals surface area contributed by atoms with Gasteiger partial charge in [0.05, 0.1) is 18.1 Å². The van der Waals surface area contributed by atoms with Gasteiger partial charge in [-0.15, -0.1) is 5.10 Å². The van der Waals surface area contributed by atoms with Gasteiger partial charge in [-0.3, -0.25) is 4.79 Å². The Kier molecular flexibility index (Phi) is 2.49. The second-order valence-corrected chi connectivity index (χ2v) is 3.84. The van der Waals surface area contributed by atoms with E-state index in [2.05, 4.69) is 15.3 Å². The molecule has 0 aliphatic carbocycles. The number of benzene rings is 1. The Morgan fingerprint density at radius 2 is 1.89 bits per heavy atom. The van der Waals surface area contributed by atoms with Gasteiger partial charge in [-0.1, -0.05) is 17.3 Å². The molecule has 5 nitrogen and oxygen atoms in total. The van der Waals surface area contributed by atoms with E-state index >= 15 is 0 Å². The summed E-state index contributed by atoms with van der Waals surface area (Å²) >= 11 is 0. The number of pyridine rings is 1. The van der Waals surface area contributed by atoms with Crippen LogP contribution < -0.4 is 5.56 Å². The molecule has 0 radical (unpaired) electrons. The lowest BCUT2D eigenvalue weighted by Crippen LogP contribution is -2.02. The van der Waals surface area contributed by atoms with Gasteiger partial charge in [0, 0.05) is 12.3 Å². The first-order valence-electron chi connectivity index (χ1n) is 5.49. The molecule has 5 heteroatoms. The normalized spacial score (nSPS) is 10.4. The maximum Gasteiger partial charge on any atom is 0.248 e. The predicted molar refractivity (Wildman–Crippen MR) is 67.4 cm³/mol. The minimum absolute atomic E-state index is 0.104. The molecule has 0 unspecified atom stereocenters. The first-order valence-corrected chi connectivity index (χ1v) is 5.49.